The van der Waals surface area contributed by atoms with Gasteiger partial charge in [-0.15, -0.1) is 11.6 Å². The number of carbonyl (C=O) groups excluding carboxylic acids is 3. The number of halogens is 1. The molecule has 0 bridgehead atoms. The minimum absolute atomic E-state index is 0.271. The molecule has 0 N–H and O–H groups in total. The third kappa shape index (κ3) is 3.87. The third-order valence-corrected chi connectivity index (χ3v) is 4.09. The Labute approximate surface area is 145 Å². The molecule has 0 aliphatic carbocycles. The molecule has 1 heterocycles. The van der Waals surface area contributed by atoms with Gasteiger partial charge in [0.05, 0.1) is 5.69 Å². The number of cyclic esters (lactones) is 1. The second-order valence-electron chi connectivity index (χ2n) is 5.80. The van der Waals surface area contributed by atoms with Crippen molar-refractivity contribution in [3.05, 3.63) is 29.3 Å². The van der Waals surface area contributed by atoms with Gasteiger partial charge < -0.3 is 9.47 Å². The van der Waals surface area contributed by atoms with Crippen LogP contribution in [-0.4, -0.2) is 42.5 Å². The predicted molar refractivity (Wildman–Crippen MR) is 89.0 cm³/mol. The van der Waals surface area contributed by atoms with Crippen molar-refractivity contribution in [3.63, 3.8) is 0 Å². The predicted octanol–water partition coefficient (Wildman–Crippen LogP) is 2.12. The zero-order valence-corrected chi connectivity index (χ0v) is 14.6. The van der Waals surface area contributed by atoms with Crippen molar-refractivity contribution in [1.29, 1.82) is 0 Å². The highest BCUT2D eigenvalue weighted by atomic mass is 35.5. The number of hydrogen-bond donors (Lipinski definition) is 0. The highest BCUT2D eigenvalue weighted by Crippen LogP contribution is 2.31. The quantitative estimate of drug-likeness (QED) is 0.599. The van der Waals surface area contributed by atoms with Crippen molar-refractivity contribution in [2.45, 2.75) is 39.3 Å². The maximum absolute atomic E-state index is 12.7. The van der Waals surface area contributed by atoms with Gasteiger partial charge in [0.1, 0.15) is 18.0 Å². The maximum atomic E-state index is 12.7. The van der Waals surface area contributed by atoms with Crippen LogP contribution in [0.15, 0.2) is 18.2 Å². The fourth-order valence-corrected chi connectivity index (χ4v) is 2.91. The number of anilines is 1. The normalized spacial score (nSPS) is 19.8. The van der Waals surface area contributed by atoms with E-state index >= 15 is 0 Å². The molecule has 0 radical (unpaired) electrons. The molecule has 0 spiro atoms. The van der Waals surface area contributed by atoms with Gasteiger partial charge in [-0.1, -0.05) is 18.2 Å². The Kier molecular flexibility index (Phi) is 5.83. The van der Waals surface area contributed by atoms with Crippen molar-refractivity contribution >= 4 is 35.1 Å². The molecule has 2 unspecified atom stereocenters. The Hall–Kier alpha value is -2.08. The highest BCUT2D eigenvalue weighted by Gasteiger charge is 2.40. The first-order valence-corrected chi connectivity index (χ1v) is 8.19. The van der Waals surface area contributed by atoms with E-state index in [1.165, 1.54) is 4.90 Å². The van der Waals surface area contributed by atoms with Gasteiger partial charge in [-0.05, 0) is 31.9 Å². The number of rotatable bonds is 5. The first kappa shape index (κ1) is 18.3. The lowest BCUT2D eigenvalue weighted by atomic mass is 10.0. The lowest BCUT2D eigenvalue weighted by molar-refractivity contribution is -0.146. The van der Waals surface area contributed by atoms with Gasteiger partial charge in [-0.25, -0.2) is 4.79 Å². The number of hydrogen-bond acceptors (Lipinski definition) is 5. The zero-order chi connectivity index (χ0) is 17.9. The van der Waals surface area contributed by atoms with Crippen LogP contribution in [0.1, 0.15) is 24.5 Å². The number of carbonyl (C=O) groups is 3. The molecule has 1 fully saturated rings. The van der Waals surface area contributed by atoms with Crippen LogP contribution in [0.2, 0.25) is 0 Å². The molecule has 2 rings (SSSR count). The number of nitrogens with zero attached hydrogens (tertiary/aromatic N) is 1. The molecule has 24 heavy (non-hydrogen) atoms. The van der Waals surface area contributed by atoms with Gasteiger partial charge in [0.25, 0.3) is 5.91 Å². The lowest BCUT2D eigenvalue weighted by Crippen LogP contribution is -2.46. The first-order valence-electron chi connectivity index (χ1n) is 7.65. The fraction of sp³-hybridized carbons (Fsp3) is 0.471. The number of aryl methyl sites for hydroxylation is 2. The van der Waals surface area contributed by atoms with Crippen molar-refractivity contribution in [3.8, 4) is 0 Å². The summed E-state index contributed by atoms with van der Waals surface area (Å²) in [4.78, 5) is 37.5. The molecule has 1 aliphatic heterocycles. The van der Waals surface area contributed by atoms with Crippen LogP contribution in [0.3, 0.4) is 0 Å². The summed E-state index contributed by atoms with van der Waals surface area (Å²) in [5, 5.41) is 0. The summed E-state index contributed by atoms with van der Waals surface area (Å²) in [6, 6.07) is 4.86. The van der Waals surface area contributed by atoms with E-state index in [9.17, 15) is 14.4 Å². The number of amides is 1. The first-order chi connectivity index (χ1) is 11.3. The van der Waals surface area contributed by atoms with E-state index in [2.05, 4.69) is 0 Å². The lowest BCUT2D eigenvalue weighted by Gasteiger charge is -2.29. The van der Waals surface area contributed by atoms with E-state index in [0.717, 1.165) is 11.1 Å². The second-order valence-corrected chi connectivity index (χ2v) is 6.06. The van der Waals surface area contributed by atoms with E-state index < -0.39 is 30.5 Å². The summed E-state index contributed by atoms with van der Waals surface area (Å²) in [5.41, 5.74) is 2.33. The van der Waals surface area contributed by atoms with Crippen molar-refractivity contribution in [1.82, 2.24) is 0 Å². The van der Waals surface area contributed by atoms with Gasteiger partial charge in [-0.3, -0.25) is 14.5 Å². The number of ether oxygens (including phenoxy) is 2. The summed E-state index contributed by atoms with van der Waals surface area (Å²) in [5.74, 6) is -1.96. The van der Waals surface area contributed by atoms with Gasteiger partial charge >= 0.3 is 11.9 Å². The Morgan fingerprint density at radius 2 is 1.96 bits per heavy atom. The Bertz CT molecular complexity index is 640. The fourth-order valence-electron chi connectivity index (χ4n) is 2.84. The average molecular weight is 354 g/mol. The molecule has 0 saturated carbocycles. The van der Waals surface area contributed by atoms with E-state index in [4.69, 9.17) is 21.1 Å². The van der Waals surface area contributed by atoms with Crippen LogP contribution in [-0.2, 0) is 23.9 Å². The molecule has 1 aromatic rings. The molecule has 7 heteroatoms. The van der Waals surface area contributed by atoms with Crippen molar-refractivity contribution < 1.29 is 23.9 Å². The van der Waals surface area contributed by atoms with Crippen LogP contribution >= 0.6 is 11.6 Å². The summed E-state index contributed by atoms with van der Waals surface area (Å²) in [6.07, 6.45) is 0.120. The Balaban J connectivity index is 2.37. The largest absolute Gasteiger partial charge is 0.461 e. The minimum Gasteiger partial charge on any atom is -0.461 e. The monoisotopic (exact) mass is 353 g/mol. The molecular formula is C17H20ClNO5. The molecular weight excluding hydrogens is 334 g/mol. The maximum Gasteiger partial charge on any atom is 0.329 e. The molecule has 1 amide bonds. The van der Waals surface area contributed by atoms with Crippen LogP contribution in [0.4, 0.5) is 5.69 Å². The molecule has 1 saturated heterocycles. The standard InChI is InChI=1S/C17H20ClNO5/c1-10-5-4-6-11(2)16(10)19(13-7-12(3)24-17(13)22)14(20)9-23-15(21)8-18/h4-6,12-13H,7-9H2,1-3H3. The summed E-state index contributed by atoms with van der Waals surface area (Å²) in [6.45, 7) is 5.02. The smallest absolute Gasteiger partial charge is 0.329 e. The van der Waals surface area contributed by atoms with Gasteiger partial charge in [0.2, 0.25) is 0 Å². The van der Waals surface area contributed by atoms with Gasteiger partial charge in [-0.2, -0.15) is 0 Å². The molecule has 2 atom stereocenters. The van der Waals surface area contributed by atoms with Crippen LogP contribution in [0, 0.1) is 13.8 Å². The summed E-state index contributed by atoms with van der Waals surface area (Å²) < 4.78 is 10.0. The summed E-state index contributed by atoms with van der Waals surface area (Å²) >= 11 is 5.38. The molecule has 1 aromatic carbocycles. The average Bonchev–Trinajstić information content (AvgIpc) is 2.86. The zero-order valence-electron chi connectivity index (χ0n) is 13.9. The SMILES string of the molecule is Cc1cccc(C)c1N(C(=O)COC(=O)CCl)C1CC(C)OC1=O. The molecule has 1 aliphatic rings. The minimum atomic E-state index is -0.734. The number of esters is 2. The second kappa shape index (κ2) is 7.66. The van der Waals surface area contributed by atoms with Crippen LogP contribution in [0.25, 0.3) is 0 Å². The van der Waals surface area contributed by atoms with E-state index in [1.54, 1.807) is 6.92 Å². The number of para-hydroxylation sites is 1. The van der Waals surface area contributed by atoms with E-state index in [1.807, 2.05) is 32.0 Å². The van der Waals surface area contributed by atoms with Crippen LogP contribution in [0.5, 0.6) is 0 Å². The number of benzene rings is 1. The topological polar surface area (TPSA) is 72.9 Å². The van der Waals surface area contributed by atoms with Gasteiger partial charge in [0, 0.05) is 6.42 Å². The Morgan fingerprint density at radius 3 is 2.46 bits per heavy atom. The third-order valence-electron chi connectivity index (χ3n) is 3.87. The summed E-state index contributed by atoms with van der Waals surface area (Å²) in [7, 11) is 0. The van der Waals surface area contributed by atoms with E-state index in [-0.39, 0.29) is 12.0 Å². The number of alkyl halides is 1. The van der Waals surface area contributed by atoms with Gasteiger partial charge in [0.15, 0.2) is 6.61 Å². The Morgan fingerprint density at radius 1 is 1.33 bits per heavy atom. The highest BCUT2D eigenvalue weighted by molar-refractivity contribution is 6.26. The molecule has 6 nitrogen and oxygen atoms in total. The van der Waals surface area contributed by atoms with Crippen molar-refractivity contribution in [2.24, 2.45) is 0 Å². The molecule has 130 valence electrons. The van der Waals surface area contributed by atoms with E-state index in [0.29, 0.717) is 12.1 Å². The van der Waals surface area contributed by atoms with Crippen molar-refractivity contribution in [2.75, 3.05) is 17.4 Å². The van der Waals surface area contributed by atoms with Crippen LogP contribution < -0.4 is 4.90 Å². The molecule has 0 aromatic heterocycles.